The van der Waals surface area contributed by atoms with Crippen LogP contribution in [-0.2, 0) is 10.0 Å². The van der Waals surface area contributed by atoms with Gasteiger partial charge in [-0.05, 0) is 24.3 Å². The van der Waals surface area contributed by atoms with Crippen LogP contribution in [0.4, 0.5) is 0 Å². The summed E-state index contributed by atoms with van der Waals surface area (Å²) in [6, 6.07) is 7.83. The molecule has 2 rings (SSSR count). The predicted molar refractivity (Wildman–Crippen MR) is 72.6 cm³/mol. The summed E-state index contributed by atoms with van der Waals surface area (Å²) >= 11 is 5.82. The Hall–Kier alpha value is -1.63. The summed E-state index contributed by atoms with van der Waals surface area (Å²) in [6.07, 6.45) is 1.55. The van der Waals surface area contributed by atoms with Gasteiger partial charge >= 0.3 is 0 Å². The van der Waals surface area contributed by atoms with E-state index in [1.54, 1.807) is 30.5 Å². The number of sulfonamides is 1. The Morgan fingerprint density at radius 1 is 1.26 bits per heavy atom. The van der Waals surface area contributed by atoms with Crippen molar-refractivity contribution in [1.82, 2.24) is 4.98 Å². The van der Waals surface area contributed by atoms with Crippen molar-refractivity contribution >= 4 is 21.6 Å². The maximum atomic E-state index is 11.6. The molecule has 7 heteroatoms. The average molecular weight is 299 g/mol. The van der Waals surface area contributed by atoms with Crippen LogP contribution < -0.4 is 9.88 Å². The van der Waals surface area contributed by atoms with Gasteiger partial charge in [-0.15, -0.1) is 0 Å². The number of ether oxygens (including phenoxy) is 1. The monoisotopic (exact) mass is 298 g/mol. The normalized spacial score (nSPS) is 11.3. The molecule has 0 aliphatic carbocycles. The zero-order valence-electron chi connectivity index (χ0n) is 10.00. The van der Waals surface area contributed by atoms with Gasteiger partial charge in [-0.1, -0.05) is 17.7 Å². The van der Waals surface area contributed by atoms with E-state index < -0.39 is 10.0 Å². The fourth-order valence-corrected chi connectivity index (χ4v) is 2.73. The molecule has 5 nitrogen and oxygen atoms in total. The number of hydrogen-bond donors (Lipinski definition) is 1. The zero-order chi connectivity index (χ0) is 14.0. The van der Waals surface area contributed by atoms with Crippen LogP contribution in [0.5, 0.6) is 5.88 Å². The number of primary sulfonamides is 1. The van der Waals surface area contributed by atoms with Crippen molar-refractivity contribution in [2.45, 2.75) is 4.90 Å². The highest BCUT2D eigenvalue weighted by Crippen LogP contribution is 2.33. The van der Waals surface area contributed by atoms with Gasteiger partial charge in [0.25, 0.3) is 0 Å². The molecular weight excluding hydrogens is 288 g/mol. The van der Waals surface area contributed by atoms with Crippen LogP contribution in [0.25, 0.3) is 11.1 Å². The molecule has 0 bridgehead atoms. The molecule has 19 heavy (non-hydrogen) atoms. The van der Waals surface area contributed by atoms with E-state index in [4.69, 9.17) is 21.5 Å². The lowest BCUT2D eigenvalue weighted by Gasteiger charge is -2.11. The highest BCUT2D eigenvalue weighted by atomic mass is 35.5. The van der Waals surface area contributed by atoms with Crippen LogP contribution in [0.15, 0.2) is 41.4 Å². The van der Waals surface area contributed by atoms with E-state index >= 15 is 0 Å². The van der Waals surface area contributed by atoms with Gasteiger partial charge < -0.3 is 4.74 Å². The third-order valence-electron chi connectivity index (χ3n) is 2.50. The maximum absolute atomic E-state index is 11.6. The van der Waals surface area contributed by atoms with Crippen molar-refractivity contribution in [1.29, 1.82) is 0 Å². The molecule has 0 unspecified atom stereocenters. The molecule has 0 saturated heterocycles. The van der Waals surface area contributed by atoms with Gasteiger partial charge in [0.1, 0.15) is 0 Å². The summed E-state index contributed by atoms with van der Waals surface area (Å²) in [5.41, 5.74) is 0.933. The predicted octanol–water partition coefficient (Wildman–Crippen LogP) is 2.06. The van der Waals surface area contributed by atoms with Crippen molar-refractivity contribution < 1.29 is 13.2 Å². The SMILES string of the molecule is COc1ncccc1-c1ccc(Cl)cc1S(N)(=O)=O. The van der Waals surface area contributed by atoms with Gasteiger partial charge in [0.05, 0.1) is 12.0 Å². The Kier molecular flexibility index (Phi) is 3.75. The van der Waals surface area contributed by atoms with Gasteiger partial charge in [-0.3, -0.25) is 0 Å². The number of pyridine rings is 1. The summed E-state index contributed by atoms with van der Waals surface area (Å²) in [7, 11) is -2.44. The minimum Gasteiger partial charge on any atom is -0.481 e. The molecule has 0 amide bonds. The van der Waals surface area contributed by atoms with Crippen LogP contribution in [0.3, 0.4) is 0 Å². The lowest BCUT2D eigenvalue weighted by atomic mass is 10.1. The molecule has 0 spiro atoms. The first-order valence-electron chi connectivity index (χ1n) is 5.25. The van der Waals surface area contributed by atoms with E-state index in [-0.39, 0.29) is 9.92 Å². The van der Waals surface area contributed by atoms with Crippen molar-refractivity contribution in [3.8, 4) is 17.0 Å². The van der Waals surface area contributed by atoms with Crippen LogP contribution in [0, 0.1) is 0 Å². The molecule has 0 fully saturated rings. The quantitative estimate of drug-likeness (QED) is 0.940. The number of nitrogens with zero attached hydrogens (tertiary/aromatic N) is 1. The minimum atomic E-state index is -3.90. The van der Waals surface area contributed by atoms with Crippen molar-refractivity contribution in [2.24, 2.45) is 5.14 Å². The Morgan fingerprint density at radius 3 is 2.63 bits per heavy atom. The van der Waals surface area contributed by atoms with Crippen molar-refractivity contribution in [3.63, 3.8) is 0 Å². The number of hydrogen-bond acceptors (Lipinski definition) is 4. The fourth-order valence-electron chi connectivity index (χ4n) is 1.71. The number of benzene rings is 1. The molecule has 0 radical (unpaired) electrons. The lowest BCUT2D eigenvalue weighted by molar-refractivity contribution is 0.399. The third kappa shape index (κ3) is 2.86. The zero-order valence-corrected chi connectivity index (χ0v) is 11.6. The maximum Gasteiger partial charge on any atom is 0.238 e. The molecule has 0 aliphatic rings. The lowest BCUT2D eigenvalue weighted by Crippen LogP contribution is -2.13. The molecule has 0 atom stereocenters. The Balaban J connectivity index is 2.76. The van der Waals surface area contributed by atoms with Crippen LogP contribution in [-0.4, -0.2) is 20.5 Å². The number of aromatic nitrogens is 1. The molecule has 0 saturated carbocycles. The first-order valence-corrected chi connectivity index (χ1v) is 7.17. The second-order valence-corrected chi connectivity index (χ2v) is 5.71. The summed E-state index contributed by atoms with van der Waals surface area (Å²) in [4.78, 5) is 3.96. The fraction of sp³-hybridized carbons (Fsp3) is 0.0833. The Morgan fingerprint density at radius 2 is 2.00 bits per heavy atom. The number of rotatable bonds is 3. The standard InChI is InChI=1S/C12H11ClN2O3S/c1-18-12-10(3-2-6-15-12)9-5-4-8(13)7-11(9)19(14,16)17/h2-7H,1H3,(H2,14,16,17). The van der Waals surface area contributed by atoms with E-state index in [0.717, 1.165) is 0 Å². The average Bonchev–Trinajstić information content (AvgIpc) is 2.37. The van der Waals surface area contributed by atoms with Crippen LogP contribution in [0.2, 0.25) is 5.02 Å². The molecular formula is C12H11ClN2O3S. The number of nitrogens with two attached hydrogens (primary N) is 1. The van der Waals surface area contributed by atoms with Gasteiger partial charge in [0.15, 0.2) is 0 Å². The number of methoxy groups -OCH3 is 1. The Bertz CT molecular complexity index is 717. The van der Waals surface area contributed by atoms with E-state index in [9.17, 15) is 8.42 Å². The van der Waals surface area contributed by atoms with Gasteiger partial charge in [-0.25, -0.2) is 18.5 Å². The largest absolute Gasteiger partial charge is 0.481 e. The van der Waals surface area contributed by atoms with Crippen molar-refractivity contribution in [3.05, 3.63) is 41.6 Å². The molecule has 100 valence electrons. The summed E-state index contributed by atoms with van der Waals surface area (Å²) in [5.74, 6) is 0.315. The summed E-state index contributed by atoms with van der Waals surface area (Å²) < 4.78 is 28.4. The van der Waals surface area contributed by atoms with Crippen LogP contribution >= 0.6 is 11.6 Å². The molecule has 1 aromatic heterocycles. The first-order chi connectivity index (χ1) is 8.93. The smallest absolute Gasteiger partial charge is 0.238 e. The highest BCUT2D eigenvalue weighted by molar-refractivity contribution is 7.89. The third-order valence-corrected chi connectivity index (χ3v) is 3.69. The molecule has 1 aromatic carbocycles. The Labute approximate surface area is 116 Å². The van der Waals surface area contributed by atoms with Crippen LogP contribution in [0.1, 0.15) is 0 Å². The van der Waals surface area contributed by atoms with Crippen molar-refractivity contribution in [2.75, 3.05) is 7.11 Å². The van der Waals surface area contributed by atoms with E-state index in [1.807, 2.05) is 0 Å². The van der Waals surface area contributed by atoms with Gasteiger partial charge in [0, 0.05) is 22.3 Å². The second kappa shape index (κ2) is 5.16. The molecule has 0 aliphatic heterocycles. The first kappa shape index (κ1) is 13.8. The molecule has 2 N–H and O–H groups in total. The van der Waals surface area contributed by atoms with Gasteiger partial charge in [0.2, 0.25) is 15.9 Å². The topological polar surface area (TPSA) is 82.3 Å². The highest BCUT2D eigenvalue weighted by Gasteiger charge is 2.18. The number of halogens is 1. The molecule has 2 aromatic rings. The summed E-state index contributed by atoms with van der Waals surface area (Å²) in [5, 5.41) is 5.50. The van der Waals surface area contributed by atoms with Gasteiger partial charge in [-0.2, -0.15) is 0 Å². The second-order valence-electron chi connectivity index (χ2n) is 3.75. The van der Waals surface area contributed by atoms with E-state index in [1.165, 1.54) is 13.2 Å². The summed E-state index contributed by atoms with van der Waals surface area (Å²) in [6.45, 7) is 0. The molecule has 1 heterocycles. The minimum absolute atomic E-state index is 0.0636. The van der Waals surface area contributed by atoms with E-state index in [0.29, 0.717) is 17.0 Å². The van der Waals surface area contributed by atoms with E-state index in [2.05, 4.69) is 4.98 Å².